The van der Waals surface area contributed by atoms with Crippen molar-refractivity contribution in [1.29, 1.82) is 0 Å². The molecular formula is C19H33IN4O2. The van der Waals surface area contributed by atoms with Gasteiger partial charge in [0.25, 0.3) is 0 Å². The maximum absolute atomic E-state index is 5.43. The van der Waals surface area contributed by atoms with E-state index in [0.29, 0.717) is 12.8 Å². The monoisotopic (exact) mass is 476 g/mol. The first-order chi connectivity index (χ1) is 12.1. The van der Waals surface area contributed by atoms with E-state index in [9.17, 15) is 0 Å². The van der Waals surface area contributed by atoms with Crippen molar-refractivity contribution >= 4 is 29.9 Å². The van der Waals surface area contributed by atoms with Gasteiger partial charge in [-0.15, -0.1) is 24.0 Å². The van der Waals surface area contributed by atoms with Crippen molar-refractivity contribution in [3.05, 3.63) is 23.8 Å². The van der Waals surface area contributed by atoms with Gasteiger partial charge in [0, 0.05) is 25.7 Å². The van der Waals surface area contributed by atoms with Gasteiger partial charge in [0.2, 0.25) is 6.79 Å². The quantitative estimate of drug-likeness (QED) is 0.326. The second-order valence-corrected chi connectivity index (χ2v) is 6.35. The van der Waals surface area contributed by atoms with Crippen LogP contribution in [0, 0.1) is 0 Å². The second kappa shape index (κ2) is 12.2. The fourth-order valence-corrected chi connectivity index (χ4v) is 2.84. The third kappa shape index (κ3) is 7.19. The van der Waals surface area contributed by atoms with E-state index in [1.165, 1.54) is 5.56 Å². The van der Waals surface area contributed by atoms with E-state index in [2.05, 4.69) is 60.4 Å². The van der Waals surface area contributed by atoms with E-state index >= 15 is 0 Å². The average molecular weight is 476 g/mol. The fraction of sp³-hybridized carbons (Fsp3) is 0.632. The van der Waals surface area contributed by atoms with Crippen LogP contribution in [0.15, 0.2) is 23.2 Å². The molecule has 0 bridgehead atoms. The highest BCUT2D eigenvalue weighted by Crippen LogP contribution is 2.32. The third-order valence-corrected chi connectivity index (χ3v) is 4.28. The second-order valence-electron chi connectivity index (χ2n) is 6.35. The van der Waals surface area contributed by atoms with Crippen molar-refractivity contribution in [3.8, 4) is 11.5 Å². The summed E-state index contributed by atoms with van der Waals surface area (Å²) in [5, 5.41) is 6.71. The summed E-state index contributed by atoms with van der Waals surface area (Å²) in [6, 6.07) is 6.67. The number of ether oxygens (including phenoxy) is 2. The van der Waals surface area contributed by atoms with E-state index in [4.69, 9.17) is 9.47 Å². The highest BCUT2D eigenvalue weighted by molar-refractivity contribution is 14.0. The topological polar surface area (TPSA) is 58.1 Å². The van der Waals surface area contributed by atoms with E-state index in [1.807, 2.05) is 6.07 Å². The minimum Gasteiger partial charge on any atom is -0.454 e. The molecule has 0 fully saturated rings. The Morgan fingerprint density at radius 2 is 1.96 bits per heavy atom. The molecule has 0 atom stereocenters. The number of nitrogens with zero attached hydrogens (tertiary/aromatic N) is 2. The molecule has 0 aromatic heterocycles. The number of hydrogen-bond donors (Lipinski definition) is 2. The molecule has 2 rings (SSSR count). The molecule has 26 heavy (non-hydrogen) atoms. The van der Waals surface area contributed by atoms with Crippen LogP contribution in [-0.2, 0) is 6.42 Å². The Bertz CT molecular complexity index is 566. The SMILES string of the molecule is CCNC(=NCCN(CC)C(C)C)NCCc1ccc2c(c1)OCO2.I. The van der Waals surface area contributed by atoms with Crippen LogP contribution < -0.4 is 20.1 Å². The number of fused-ring (bicyclic) bond motifs is 1. The van der Waals surface area contributed by atoms with Crippen LogP contribution in [0.2, 0.25) is 0 Å². The summed E-state index contributed by atoms with van der Waals surface area (Å²) in [6.45, 7) is 13.6. The Kier molecular flexibility index (Phi) is 10.7. The number of benzene rings is 1. The van der Waals surface area contributed by atoms with Gasteiger partial charge in [-0.05, 0) is 51.4 Å². The molecule has 0 radical (unpaired) electrons. The zero-order valence-electron chi connectivity index (χ0n) is 16.4. The Morgan fingerprint density at radius 3 is 2.65 bits per heavy atom. The van der Waals surface area contributed by atoms with Crippen LogP contribution in [-0.4, -0.2) is 56.4 Å². The largest absolute Gasteiger partial charge is 0.454 e. The lowest BCUT2D eigenvalue weighted by molar-refractivity contribution is 0.174. The number of guanidine groups is 1. The van der Waals surface area contributed by atoms with Gasteiger partial charge in [-0.1, -0.05) is 13.0 Å². The van der Waals surface area contributed by atoms with Gasteiger partial charge in [-0.3, -0.25) is 9.89 Å². The molecule has 6 nitrogen and oxygen atoms in total. The molecule has 1 aromatic carbocycles. The lowest BCUT2D eigenvalue weighted by Crippen LogP contribution is -2.39. The molecule has 148 valence electrons. The number of aliphatic imine (C=N–C) groups is 1. The van der Waals surface area contributed by atoms with Gasteiger partial charge in [-0.2, -0.15) is 0 Å². The van der Waals surface area contributed by atoms with E-state index < -0.39 is 0 Å². The summed E-state index contributed by atoms with van der Waals surface area (Å²) in [4.78, 5) is 7.10. The first-order valence-electron chi connectivity index (χ1n) is 9.28. The fourth-order valence-electron chi connectivity index (χ4n) is 2.84. The van der Waals surface area contributed by atoms with Crippen LogP contribution in [0.5, 0.6) is 11.5 Å². The standard InChI is InChI=1S/C19H32N4O2.HI/c1-5-20-19(22-11-12-23(6-2)15(3)4)21-10-9-16-7-8-17-18(13-16)25-14-24-17;/h7-8,13,15H,5-6,9-12,14H2,1-4H3,(H2,20,21,22);1H. The number of hydrogen-bond acceptors (Lipinski definition) is 4. The molecular weight excluding hydrogens is 443 g/mol. The lowest BCUT2D eigenvalue weighted by atomic mass is 10.1. The predicted molar refractivity (Wildman–Crippen MR) is 118 cm³/mol. The van der Waals surface area contributed by atoms with Gasteiger partial charge in [-0.25, -0.2) is 0 Å². The number of likely N-dealkylation sites (N-methyl/N-ethyl adjacent to an activating group) is 1. The van der Waals surface area contributed by atoms with Crippen molar-refractivity contribution in [1.82, 2.24) is 15.5 Å². The minimum absolute atomic E-state index is 0. The van der Waals surface area contributed by atoms with E-state index in [0.717, 1.165) is 56.6 Å². The Hall–Kier alpha value is -1.22. The minimum atomic E-state index is 0. The number of halogens is 1. The van der Waals surface area contributed by atoms with Crippen LogP contribution in [0.3, 0.4) is 0 Å². The highest BCUT2D eigenvalue weighted by atomic mass is 127. The highest BCUT2D eigenvalue weighted by Gasteiger charge is 2.13. The molecule has 0 aliphatic carbocycles. The molecule has 0 amide bonds. The normalized spacial score (nSPS) is 13.1. The van der Waals surface area contributed by atoms with Crippen LogP contribution in [0.4, 0.5) is 0 Å². The van der Waals surface area contributed by atoms with Gasteiger partial charge in [0.15, 0.2) is 17.5 Å². The van der Waals surface area contributed by atoms with E-state index in [-0.39, 0.29) is 24.0 Å². The molecule has 0 saturated heterocycles. The number of nitrogens with one attached hydrogen (secondary N) is 2. The maximum atomic E-state index is 5.43. The molecule has 1 aromatic rings. The summed E-state index contributed by atoms with van der Waals surface area (Å²) in [7, 11) is 0. The summed E-state index contributed by atoms with van der Waals surface area (Å²) >= 11 is 0. The number of rotatable bonds is 9. The average Bonchev–Trinajstić information content (AvgIpc) is 3.06. The third-order valence-electron chi connectivity index (χ3n) is 4.28. The van der Waals surface area contributed by atoms with Crippen molar-refractivity contribution in [2.24, 2.45) is 4.99 Å². The van der Waals surface area contributed by atoms with Crippen molar-refractivity contribution in [2.75, 3.05) is 39.5 Å². The van der Waals surface area contributed by atoms with Crippen LogP contribution in [0.25, 0.3) is 0 Å². The molecule has 2 N–H and O–H groups in total. The van der Waals surface area contributed by atoms with Gasteiger partial charge < -0.3 is 20.1 Å². The molecule has 7 heteroatoms. The van der Waals surface area contributed by atoms with Crippen LogP contribution in [0.1, 0.15) is 33.3 Å². The summed E-state index contributed by atoms with van der Waals surface area (Å²) in [5.74, 6) is 2.55. The maximum Gasteiger partial charge on any atom is 0.231 e. The Balaban J connectivity index is 0.00000338. The summed E-state index contributed by atoms with van der Waals surface area (Å²) in [5.41, 5.74) is 1.23. The smallest absolute Gasteiger partial charge is 0.231 e. The molecule has 0 spiro atoms. The van der Waals surface area contributed by atoms with Crippen molar-refractivity contribution in [3.63, 3.8) is 0 Å². The molecule has 1 heterocycles. The molecule has 1 aliphatic heterocycles. The zero-order valence-corrected chi connectivity index (χ0v) is 18.7. The van der Waals surface area contributed by atoms with E-state index in [1.54, 1.807) is 0 Å². The van der Waals surface area contributed by atoms with Crippen molar-refractivity contribution in [2.45, 2.75) is 40.2 Å². The molecule has 0 saturated carbocycles. The zero-order chi connectivity index (χ0) is 18.1. The van der Waals surface area contributed by atoms with Crippen molar-refractivity contribution < 1.29 is 9.47 Å². The molecule has 1 aliphatic rings. The van der Waals surface area contributed by atoms with Gasteiger partial charge in [0.05, 0.1) is 6.54 Å². The van der Waals surface area contributed by atoms with Gasteiger partial charge in [0.1, 0.15) is 0 Å². The Labute approximate surface area is 174 Å². The molecule has 0 unspecified atom stereocenters. The first-order valence-corrected chi connectivity index (χ1v) is 9.28. The summed E-state index contributed by atoms with van der Waals surface area (Å²) < 4.78 is 10.8. The van der Waals surface area contributed by atoms with Gasteiger partial charge >= 0.3 is 0 Å². The first kappa shape index (κ1) is 22.8. The predicted octanol–water partition coefficient (Wildman–Crippen LogP) is 2.86. The lowest BCUT2D eigenvalue weighted by Gasteiger charge is -2.23. The summed E-state index contributed by atoms with van der Waals surface area (Å²) in [6.07, 6.45) is 0.911. The van der Waals surface area contributed by atoms with Crippen LogP contribution >= 0.6 is 24.0 Å². The Morgan fingerprint density at radius 1 is 1.19 bits per heavy atom.